The van der Waals surface area contributed by atoms with Gasteiger partial charge in [-0.25, -0.2) is 4.39 Å². The fourth-order valence-corrected chi connectivity index (χ4v) is 13.2. The van der Waals surface area contributed by atoms with Crippen LogP contribution in [-0.4, -0.2) is 27.1 Å². The molecule has 0 bridgehead atoms. The summed E-state index contributed by atoms with van der Waals surface area (Å²) in [4.78, 5) is 3.38. The van der Waals surface area contributed by atoms with Gasteiger partial charge < -0.3 is 27.5 Å². The minimum absolute atomic E-state index is 0. The van der Waals surface area contributed by atoms with E-state index in [1.54, 1.807) is 12.1 Å². The summed E-state index contributed by atoms with van der Waals surface area (Å²) in [5, 5.41) is 14.0. The van der Waals surface area contributed by atoms with Gasteiger partial charge in [0.05, 0.1) is 43.9 Å². The first-order valence-corrected chi connectivity index (χ1v) is 28.4. The lowest BCUT2D eigenvalue weighted by Gasteiger charge is -2.12. The third-order valence-corrected chi connectivity index (χ3v) is 16.9. The van der Waals surface area contributed by atoms with Gasteiger partial charge in [0, 0.05) is 99.3 Å². The number of nitrogens with one attached hydrogen (secondary N) is 1. The normalized spacial score (nSPS) is 11.6. The van der Waals surface area contributed by atoms with Crippen LogP contribution in [0.2, 0.25) is 0 Å². The summed E-state index contributed by atoms with van der Waals surface area (Å²) < 4.78 is 35.7. The summed E-state index contributed by atoms with van der Waals surface area (Å²) in [7, 11) is 0. The topological polar surface area (TPSA) is 56.9 Å². The molecule has 6 heterocycles. The number of furan rings is 2. The molecule has 0 aliphatic carbocycles. The van der Waals surface area contributed by atoms with E-state index in [0.29, 0.717) is 0 Å². The summed E-state index contributed by atoms with van der Waals surface area (Å²) in [5.41, 5.74) is 15.8. The van der Waals surface area contributed by atoms with Gasteiger partial charge in [-0.2, -0.15) is 0 Å². The van der Waals surface area contributed by atoms with E-state index < -0.39 is 0 Å². The van der Waals surface area contributed by atoms with Gasteiger partial charge in [0.15, 0.2) is 0 Å². The first-order valence-electron chi connectivity index (χ1n) is 26.8. The molecular formula is C73H47BBr2FN4O2. The van der Waals surface area contributed by atoms with Crippen LogP contribution in [-0.2, 0) is 0 Å². The van der Waals surface area contributed by atoms with Crippen LogP contribution in [0.4, 0.5) is 4.39 Å². The number of benzene rings is 12. The first kappa shape index (κ1) is 51.5. The molecule has 83 heavy (non-hydrogen) atoms. The molecule has 0 fully saturated rings. The zero-order valence-electron chi connectivity index (χ0n) is 43.6. The van der Waals surface area contributed by atoms with Crippen molar-refractivity contribution in [1.82, 2.24) is 18.7 Å². The third kappa shape index (κ3) is 8.26. The number of hydrogen-bond donors (Lipinski definition) is 1. The highest BCUT2D eigenvalue weighted by atomic mass is 79.9. The third-order valence-electron chi connectivity index (χ3n) is 15.9. The summed E-state index contributed by atoms with van der Waals surface area (Å²) in [6.07, 6.45) is 0. The van der Waals surface area contributed by atoms with Crippen molar-refractivity contribution >= 4 is 171 Å². The van der Waals surface area contributed by atoms with Crippen LogP contribution in [0.3, 0.4) is 0 Å². The Morgan fingerprint density at radius 2 is 0.723 bits per heavy atom. The lowest BCUT2D eigenvalue weighted by atomic mass is 10.1. The number of H-pyrrole nitrogens is 1. The van der Waals surface area contributed by atoms with E-state index in [4.69, 9.17) is 8.83 Å². The van der Waals surface area contributed by atoms with Crippen LogP contribution >= 0.6 is 31.9 Å². The van der Waals surface area contributed by atoms with Crippen LogP contribution in [0.1, 0.15) is 7.43 Å². The highest BCUT2D eigenvalue weighted by molar-refractivity contribution is 9.10. The molecule has 10 heteroatoms. The summed E-state index contributed by atoms with van der Waals surface area (Å²) >= 11 is 7.16. The molecule has 6 nitrogen and oxygen atoms in total. The van der Waals surface area contributed by atoms with Crippen LogP contribution in [0.25, 0.3) is 148 Å². The van der Waals surface area contributed by atoms with Crippen LogP contribution < -0.4 is 0 Å². The van der Waals surface area contributed by atoms with Gasteiger partial charge in [-0.3, -0.25) is 0 Å². The van der Waals surface area contributed by atoms with Crippen molar-refractivity contribution < 1.29 is 13.2 Å². The molecule has 395 valence electrons. The zero-order chi connectivity index (χ0) is 53.9. The Labute approximate surface area is 494 Å². The number of para-hydroxylation sites is 6. The minimum Gasteiger partial charge on any atom is -0.455 e. The molecule has 0 saturated heterocycles. The fraction of sp³-hybridized carbons (Fsp3) is 0.0137. The maximum atomic E-state index is 13.9. The monoisotopic (exact) mass is 1200 g/mol. The molecule has 18 aromatic rings. The number of hydrogen-bond acceptors (Lipinski definition) is 2. The van der Waals surface area contributed by atoms with E-state index >= 15 is 0 Å². The van der Waals surface area contributed by atoms with E-state index in [1.165, 1.54) is 55.1 Å². The average molecular weight is 1200 g/mol. The number of aromatic nitrogens is 4. The Bertz CT molecular complexity index is 5570. The van der Waals surface area contributed by atoms with Crippen LogP contribution in [0.5, 0.6) is 0 Å². The molecule has 0 aliphatic rings. The standard InChI is InChI=1S/C36H21BrN2O.C24H14FNO.C12H8BrN.CH4.B/c37-22-16-18-32-29(20-22)25-10-1-4-13-30(25)38(32)23-8-7-9-24(21-23)39-31-14-5-2-12-28(31)35-33(39)19-17-27-26-11-3-6-15-34(26)40-36(27)35;25-15-6-5-7-16(14-15)26-20-10-3-1-9-19(20)23-21(26)13-12-18-17-8-2-4-11-22(17)27-24(18)23;13-8-5-6-12-10(7-8)9-3-1-2-4-11(9)14-12;;/h1-21H;1-14H;1-7,14H;1H4;. The molecule has 3 radical (unpaired) electrons. The Hall–Kier alpha value is -9.61. The highest BCUT2D eigenvalue weighted by Crippen LogP contribution is 2.43. The Kier molecular flexibility index (Phi) is 12.7. The van der Waals surface area contributed by atoms with E-state index in [2.05, 4.69) is 233 Å². The summed E-state index contributed by atoms with van der Waals surface area (Å²) in [5.74, 6) is -0.247. The van der Waals surface area contributed by atoms with Crippen molar-refractivity contribution in [2.45, 2.75) is 7.43 Å². The smallest absolute Gasteiger partial charge is 0.145 e. The average Bonchev–Trinajstić information content (AvgIpc) is 2.57. The van der Waals surface area contributed by atoms with Gasteiger partial charge in [-0.15, -0.1) is 0 Å². The predicted octanol–water partition coefficient (Wildman–Crippen LogP) is 21.7. The summed E-state index contributed by atoms with van der Waals surface area (Å²) in [6, 6.07) is 87.2. The maximum Gasteiger partial charge on any atom is 0.145 e. The van der Waals surface area contributed by atoms with Gasteiger partial charge in [0.25, 0.3) is 0 Å². The molecule has 0 spiro atoms. The summed E-state index contributed by atoms with van der Waals surface area (Å²) in [6.45, 7) is 0. The van der Waals surface area contributed by atoms with E-state index in [1.807, 2.05) is 54.6 Å². The molecule has 0 aliphatic heterocycles. The second kappa shape index (κ2) is 20.4. The number of halogens is 3. The molecule has 12 aromatic carbocycles. The largest absolute Gasteiger partial charge is 0.455 e. The second-order valence-electron chi connectivity index (χ2n) is 20.4. The van der Waals surface area contributed by atoms with Crippen molar-refractivity contribution in [2.75, 3.05) is 0 Å². The Balaban J connectivity index is 0.000000123. The van der Waals surface area contributed by atoms with Crippen molar-refractivity contribution in [1.29, 1.82) is 0 Å². The van der Waals surface area contributed by atoms with Gasteiger partial charge in [-0.05, 0) is 133 Å². The molecule has 1 N–H and O–H groups in total. The van der Waals surface area contributed by atoms with Crippen LogP contribution in [0.15, 0.2) is 273 Å². The van der Waals surface area contributed by atoms with E-state index in [9.17, 15) is 4.39 Å². The van der Waals surface area contributed by atoms with Crippen molar-refractivity contribution in [3.8, 4) is 17.1 Å². The quantitative estimate of drug-likeness (QED) is 0.179. The lowest BCUT2D eigenvalue weighted by Crippen LogP contribution is -1.98. The molecule has 6 aromatic heterocycles. The molecule has 18 rings (SSSR count). The number of fused-ring (bicyclic) bond motifs is 20. The van der Waals surface area contributed by atoms with Gasteiger partial charge in [0.1, 0.15) is 28.1 Å². The predicted molar refractivity (Wildman–Crippen MR) is 354 cm³/mol. The van der Waals surface area contributed by atoms with Crippen molar-refractivity contribution in [3.63, 3.8) is 0 Å². The molecule has 0 atom stereocenters. The molecular weight excluding hydrogens is 1150 g/mol. The first-order chi connectivity index (χ1) is 39.9. The SMILES string of the molecule is Brc1ccc2[nH]c3ccccc3c2c1.Brc1ccc2c(c1)c1ccccc1n2-c1cccc(-n2c3ccccc3c3c4oc5ccccc5c4ccc32)c1.C.Fc1cccc(-n2c3ccccc3c3c4oc5ccccc5c4ccc32)c1.[B]. The maximum absolute atomic E-state index is 13.9. The van der Waals surface area contributed by atoms with E-state index in [0.717, 1.165) is 108 Å². The fourth-order valence-electron chi connectivity index (χ4n) is 12.5. The van der Waals surface area contributed by atoms with Gasteiger partial charge >= 0.3 is 0 Å². The van der Waals surface area contributed by atoms with Gasteiger partial charge in [0.2, 0.25) is 0 Å². The highest BCUT2D eigenvalue weighted by Gasteiger charge is 2.21. The minimum atomic E-state index is -0.247. The second-order valence-corrected chi connectivity index (χ2v) is 22.3. The van der Waals surface area contributed by atoms with Crippen molar-refractivity contribution in [2.24, 2.45) is 0 Å². The Morgan fingerprint density at radius 1 is 0.313 bits per heavy atom. The Morgan fingerprint density at radius 3 is 1.30 bits per heavy atom. The molecule has 0 unspecified atom stereocenters. The van der Waals surface area contributed by atoms with E-state index in [-0.39, 0.29) is 21.7 Å². The number of nitrogens with zero attached hydrogens (tertiary/aromatic N) is 3. The lowest BCUT2D eigenvalue weighted by molar-refractivity contribution is 0.627. The number of aromatic amines is 1. The van der Waals surface area contributed by atoms with Crippen molar-refractivity contribution in [3.05, 3.63) is 270 Å². The molecule has 0 saturated carbocycles. The number of rotatable bonds is 3. The zero-order valence-corrected chi connectivity index (χ0v) is 46.8. The van der Waals surface area contributed by atoms with Gasteiger partial charge in [-0.1, -0.05) is 161 Å². The van der Waals surface area contributed by atoms with Crippen LogP contribution in [0, 0.1) is 5.82 Å². The molecule has 0 amide bonds.